The maximum absolute atomic E-state index is 11.9. The first kappa shape index (κ1) is 14.4. The fourth-order valence-corrected chi connectivity index (χ4v) is 2.32. The minimum Gasteiger partial charge on any atom is -0.444 e. The molecule has 0 aromatic rings. The van der Waals surface area contributed by atoms with E-state index in [9.17, 15) is 4.79 Å². The molecular weight excluding hydrogens is 341 g/mol. The van der Waals surface area contributed by atoms with Crippen molar-refractivity contribution in [2.45, 2.75) is 45.3 Å². The highest BCUT2D eigenvalue weighted by Gasteiger charge is 2.32. The number of nitrogens with zero attached hydrogens (tertiary/aromatic N) is 1. The predicted molar refractivity (Wildman–Crippen MR) is 73.5 cm³/mol. The lowest BCUT2D eigenvalue weighted by Gasteiger charge is -2.28. The van der Waals surface area contributed by atoms with Gasteiger partial charge in [0.2, 0.25) is 0 Å². The van der Waals surface area contributed by atoms with Crippen LogP contribution in [0.5, 0.6) is 0 Å². The van der Waals surface area contributed by atoms with E-state index in [4.69, 9.17) is 8.92 Å². The number of ether oxygens (including phenoxy) is 1. The third kappa shape index (κ3) is 4.67. The average Bonchev–Trinajstić information content (AvgIpc) is 2.59. The topological polar surface area (TPSA) is 38.8 Å². The summed E-state index contributed by atoms with van der Waals surface area (Å²) in [6, 6.07) is 0.164. The molecule has 6 heteroatoms. The summed E-state index contributed by atoms with van der Waals surface area (Å²) in [5.74, 6) is 0. The molecular formula is C10H18INO3S. The van der Waals surface area contributed by atoms with Gasteiger partial charge in [0.1, 0.15) is 5.60 Å². The minimum atomic E-state index is -0.427. The van der Waals surface area contributed by atoms with E-state index in [0.717, 1.165) is 19.4 Å². The maximum Gasteiger partial charge on any atom is 0.410 e. The van der Waals surface area contributed by atoms with Crippen molar-refractivity contribution in [2.75, 3.05) is 13.2 Å². The van der Waals surface area contributed by atoms with Gasteiger partial charge in [-0.1, -0.05) is 0 Å². The van der Waals surface area contributed by atoms with Crippen molar-refractivity contribution in [3.05, 3.63) is 0 Å². The zero-order valence-corrected chi connectivity index (χ0v) is 12.8. The van der Waals surface area contributed by atoms with Gasteiger partial charge in [0.05, 0.1) is 21.9 Å². The second-order valence-corrected chi connectivity index (χ2v) is 6.26. The Morgan fingerprint density at radius 1 is 1.56 bits per heavy atom. The predicted octanol–water partition coefficient (Wildman–Crippen LogP) is 3.40. The molecule has 4 nitrogen and oxygen atoms in total. The van der Waals surface area contributed by atoms with Gasteiger partial charge < -0.3 is 13.8 Å². The van der Waals surface area contributed by atoms with Crippen molar-refractivity contribution in [1.29, 1.82) is 0 Å². The molecule has 1 fully saturated rings. The van der Waals surface area contributed by atoms with Crippen LogP contribution < -0.4 is 0 Å². The van der Waals surface area contributed by atoms with Crippen LogP contribution in [0.15, 0.2) is 0 Å². The smallest absolute Gasteiger partial charge is 0.410 e. The second kappa shape index (κ2) is 6.30. The molecule has 1 atom stereocenters. The molecule has 0 spiro atoms. The molecule has 94 valence electrons. The summed E-state index contributed by atoms with van der Waals surface area (Å²) in [5.41, 5.74) is -0.427. The number of rotatable bonds is 3. The molecule has 0 N–H and O–H groups in total. The lowest BCUT2D eigenvalue weighted by atomic mass is 10.2. The molecule has 0 radical (unpaired) electrons. The van der Waals surface area contributed by atoms with Gasteiger partial charge >= 0.3 is 6.09 Å². The second-order valence-electron chi connectivity index (χ2n) is 4.82. The molecule has 1 heterocycles. The molecule has 1 unspecified atom stereocenters. The lowest BCUT2D eigenvalue weighted by molar-refractivity contribution is 0.0195. The van der Waals surface area contributed by atoms with Crippen molar-refractivity contribution >= 4 is 36.5 Å². The molecule has 1 saturated heterocycles. The monoisotopic (exact) mass is 359 g/mol. The van der Waals surface area contributed by atoms with Crippen molar-refractivity contribution in [3.8, 4) is 0 Å². The van der Waals surface area contributed by atoms with Gasteiger partial charge in [-0.05, 0) is 33.6 Å². The molecule has 0 aromatic carbocycles. The van der Waals surface area contributed by atoms with Crippen LogP contribution in [0.3, 0.4) is 0 Å². The van der Waals surface area contributed by atoms with Crippen LogP contribution >= 0.6 is 30.4 Å². The van der Waals surface area contributed by atoms with E-state index in [1.165, 1.54) is 9.21 Å². The Balaban J connectivity index is 2.47. The van der Waals surface area contributed by atoms with Gasteiger partial charge in [0.25, 0.3) is 0 Å². The number of hydrogen-bond donors (Lipinski definition) is 0. The molecule has 1 rings (SSSR count). The summed E-state index contributed by atoms with van der Waals surface area (Å²) in [6.45, 7) is 7.00. The van der Waals surface area contributed by atoms with E-state index in [1.807, 2.05) is 20.8 Å². The summed E-state index contributed by atoms with van der Waals surface area (Å²) >= 11 is 2.08. The summed E-state index contributed by atoms with van der Waals surface area (Å²) in [4.78, 5) is 13.6. The van der Waals surface area contributed by atoms with E-state index in [1.54, 1.807) is 4.90 Å². The van der Waals surface area contributed by atoms with E-state index >= 15 is 0 Å². The standard InChI is InChI=1S/C10H18INO3S/c1-10(2,3)15-9(13)12-6-4-5-8(12)7-14-16-11/h8H,4-7H2,1-3H3. The molecule has 1 aliphatic rings. The summed E-state index contributed by atoms with van der Waals surface area (Å²) in [5, 5.41) is 0. The highest BCUT2D eigenvalue weighted by atomic mass is 127. The van der Waals surface area contributed by atoms with E-state index < -0.39 is 5.60 Å². The van der Waals surface area contributed by atoms with E-state index in [2.05, 4.69) is 21.2 Å². The van der Waals surface area contributed by atoms with Gasteiger partial charge in [-0.3, -0.25) is 0 Å². The Bertz CT molecular complexity index is 245. The third-order valence-electron chi connectivity index (χ3n) is 2.31. The molecule has 16 heavy (non-hydrogen) atoms. The van der Waals surface area contributed by atoms with Crippen LogP contribution in [0, 0.1) is 0 Å². The lowest BCUT2D eigenvalue weighted by Crippen LogP contribution is -2.41. The first-order chi connectivity index (χ1) is 7.44. The van der Waals surface area contributed by atoms with Gasteiger partial charge in [0.15, 0.2) is 0 Å². The van der Waals surface area contributed by atoms with Crippen molar-refractivity contribution in [3.63, 3.8) is 0 Å². The minimum absolute atomic E-state index is 0.164. The highest BCUT2D eigenvalue weighted by molar-refractivity contribution is 14.2. The van der Waals surface area contributed by atoms with Crippen molar-refractivity contribution in [2.24, 2.45) is 0 Å². The Kier molecular flexibility index (Phi) is 5.66. The maximum atomic E-state index is 11.9. The quantitative estimate of drug-likeness (QED) is 0.572. The van der Waals surface area contributed by atoms with E-state index in [-0.39, 0.29) is 12.1 Å². The van der Waals surface area contributed by atoms with Gasteiger partial charge in [-0.2, -0.15) is 0 Å². The van der Waals surface area contributed by atoms with Gasteiger partial charge in [-0.25, -0.2) is 4.79 Å². The Morgan fingerprint density at radius 3 is 2.81 bits per heavy atom. The fraction of sp³-hybridized carbons (Fsp3) is 0.900. The van der Waals surface area contributed by atoms with Crippen LogP contribution in [0.2, 0.25) is 0 Å². The Hall–Kier alpha value is 0.310. The fourth-order valence-electron chi connectivity index (χ4n) is 1.67. The summed E-state index contributed by atoms with van der Waals surface area (Å²) < 4.78 is 10.6. The SMILES string of the molecule is CC(C)(C)OC(=O)N1CCCC1COSI. The molecule has 0 bridgehead atoms. The van der Waals surface area contributed by atoms with E-state index in [0.29, 0.717) is 6.61 Å². The number of amides is 1. The zero-order valence-electron chi connectivity index (χ0n) is 9.86. The number of carbonyl (C=O) groups excluding carboxylic acids is 1. The van der Waals surface area contributed by atoms with Gasteiger partial charge in [-0.15, -0.1) is 0 Å². The van der Waals surface area contributed by atoms with Gasteiger partial charge in [0, 0.05) is 27.8 Å². The van der Waals surface area contributed by atoms with Crippen LogP contribution in [-0.2, 0) is 8.92 Å². The average molecular weight is 359 g/mol. The van der Waals surface area contributed by atoms with Crippen LogP contribution in [0.4, 0.5) is 4.79 Å². The first-order valence-corrected chi connectivity index (χ1v) is 8.62. The highest BCUT2D eigenvalue weighted by Crippen LogP contribution is 2.23. The van der Waals surface area contributed by atoms with Crippen molar-refractivity contribution in [1.82, 2.24) is 4.90 Å². The van der Waals surface area contributed by atoms with Crippen LogP contribution in [0.1, 0.15) is 33.6 Å². The number of halogens is 1. The molecule has 1 aliphatic heterocycles. The summed E-state index contributed by atoms with van der Waals surface area (Å²) in [7, 11) is 1.31. The van der Waals surface area contributed by atoms with Crippen LogP contribution in [-0.4, -0.2) is 35.8 Å². The third-order valence-corrected chi connectivity index (χ3v) is 3.30. The largest absolute Gasteiger partial charge is 0.444 e. The molecule has 0 aromatic heterocycles. The number of hydrogen-bond acceptors (Lipinski definition) is 4. The normalized spacial score (nSPS) is 21.2. The van der Waals surface area contributed by atoms with Crippen molar-refractivity contribution < 1.29 is 13.7 Å². The Labute approximate surface area is 113 Å². The number of carbonyl (C=O) groups is 1. The zero-order chi connectivity index (χ0) is 12.2. The number of likely N-dealkylation sites (tertiary alicyclic amines) is 1. The van der Waals surface area contributed by atoms with Crippen LogP contribution in [0.25, 0.3) is 0 Å². The summed E-state index contributed by atoms with van der Waals surface area (Å²) in [6.07, 6.45) is 1.80. The Morgan fingerprint density at radius 2 is 2.25 bits per heavy atom. The molecule has 1 amide bonds. The first-order valence-electron chi connectivity index (χ1n) is 5.34. The molecule has 0 aliphatic carbocycles. The molecule has 0 saturated carbocycles.